The predicted octanol–water partition coefficient (Wildman–Crippen LogP) is 3.27. The molecule has 1 N–H and O–H groups in total. The van der Waals surface area contributed by atoms with Crippen LogP contribution in [0.5, 0.6) is 0 Å². The lowest BCUT2D eigenvalue weighted by Gasteiger charge is -2.14. The summed E-state index contributed by atoms with van der Waals surface area (Å²) in [6.45, 7) is 4.38. The van der Waals surface area contributed by atoms with E-state index < -0.39 is 22.5 Å². The Morgan fingerprint density at radius 1 is 1.00 bits per heavy atom. The van der Waals surface area contributed by atoms with Gasteiger partial charge in [0.25, 0.3) is 0 Å². The molecule has 21 heavy (non-hydrogen) atoms. The molecule has 0 amide bonds. The molecule has 0 fully saturated rings. The Morgan fingerprint density at radius 3 is 2.10 bits per heavy atom. The molecule has 6 nitrogen and oxygen atoms in total. The van der Waals surface area contributed by atoms with E-state index in [-0.39, 0.29) is 13.0 Å². The molecule has 1 unspecified atom stereocenters. The van der Waals surface area contributed by atoms with Gasteiger partial charge in [0.15, 0.2) is 6.10 Å². The largest absolute Gasteiger partial charge is 0.464 e. The summed E-state index contributed by atoms with van der Waals surface area (Å²) in [4.78, 5) is 11.8. The lowest BCUT2D eigenvalue weighted by Crippen LogP contribution is -2.29. The molecule has 0 aliphatic carbocycles. The van der Waals surface area contributed by atoms with Crippen LogP contribution >= 0.6 is 0 Å². The summed E-state index contributed by atoms with van der Waals surface area (Å²) < 4.78 is 39.7. The molecule has 0 heterocycles. The summed E-state index contributed by atoms with van der Waals surface area (Å²) in [6.07, 6.45) is 6.41. The van der Waals surface area contributed by atoms with Crippen LogP contribution in [0.1, 0.15) is 71.6 Å². The molecule has 0 aromatic rings. The molecule has 0 radical (unpaired) electrons. The van der Waals surface area contributed by atoms with Crippen molar-refractivity contribution in [2.75, 3.05) is 6.61 Å². The Bertz CT molecular complexity index is 366. The van der Waals surface area contributed by atoms with Gasteiger partial charge in [0.2, 0.25) is 0 Å². The fourth-order valence-electron chi connectivity index (χ4n) is 1.90. The van der Waals surface area contributed by atoms with Gasteiger partial charge in [-0.1, -0.05) is 58.8 Å². The highest BCUT2D eigenvalue weighted by Crippen LogP contribution is 2.12. The van der Waals surface area contributed by atoms with Crippen LogP contribution in [0.25, 0.3) is 0 Å². The second-order valence-electron chi connectivity index (χ2n) is 5.09. The van der Waals surface area contributed by atoms with E-state index in [1.165, 1.54) is 0 Å². The molecular weight excluding hydrogens is 296 g/mol. The van der Waals surface area contributed by atoms with Gasteiger partial charge in [-0.15, -0.1) is 0 Å². The number of hydrogen-bond acceptors (Lipinski definition) is 5. The molecule has 0 saturated carbocycles. The van der Waals surface area contributed by atoms with Crippen molar-refractivity contribution >= 4 is 16.4 Å². The molecule has 0 bridgehead atoms. The minimum atomic E-state index is -4.65. The van der Waals surface area contributed by atoms with E-state index in [9.17, 15) is 13.2 Å². The van der Waals surface area contributed by atoms with Crippen LogP contribution in [-0.2, 0) is 24.1 Å². The summed E-state index contributed by atoms with van der Waals surface area (Å²) in [5.74, 6) is -0.722. The summed E-state index contributed by atoms with van der Waals surface area (Å²) in [5.41, 5.74) is 0. The Balaban J connectivity index is 4.19. The molecule has 0 aromatic heterocycles. The van der Waals surface area contributed by atoms with Crippen molar-refractivity contribution in [1.82, 2.24) is 0 Å². The van der Waals surface area contributed by atoms with Gasteiger partial charge in [-0.05, 0) is 12.8 Å². The molecule has 7 heteroatoms. The lowest BCUT2D eigenvalue weighted by atomic mass is 10.1. The van der Waals surface area contributed by atoms with Crippen molar-refractivity contribution in [3.63, 3.8) is 0 Å². The quantitative estimate of drug-likeness (QED) is 0.318. The summed E-state index contributed by atoms with van der Waals surface area (Å²) in [7, 11) is -4.65. The van der Waals surface area contributed by atoms with Gasteiger partial charge in [0.1, 0.15) is 0 Å². The highest BCUT2D eigenvalue weighted by atomic mass is 32.3. The van der Waals surface area contributed by atoms with Crippen molar-refractivity contribution < 1.29 is 26.7 Å². The SMILES string of the molecule is CCCCCCOC(=O)C(CCCCCC)OS(=O)(=O)O. The summed E-state index contributed by atoms with van der Waals surface area (Å²) in [5, 5.41) is 0. The number of ether oxygens (including phenoxy) is 1. The molecule has 1 atom stereocenters. The van der Waals surface area contributed by atoms with Crippen LogP contribution in [0.4, 0.5) is 0 Å². The fraction of sp³-hybridized carbons (Fsp3) is 0.929. The van der Waals surface area contributed by atoms with Gasteiger partial charge in [0, 0.05) is 0 Å². The number of carbonyl (C=O) groups is 1. The lowest BCUT2D eigenvalue weighted by molar-refractivity contribution is -0.152. The first-order valence-corrected chi connectivity index (χ1v) is 9.09. The average molecular weight is 324 g/mol. The van der Waals surface area contributed by atoms with Gasteiger partial charge in [-0.3, -0.25) is 4.55 Å². The number of hydrogen-bond donors (Lipinski definition) is 1. The molecule has 0 spiro atoms. The number of esters is 1. The number of unbranched alkanes of at least 4 members (excludes halogenated alkanes) is 6. The topological polar surface area (TPSA) is 89.9 Å². The molecule has 0 aromatic carbocycles. The zero-order valence-electron chi connectivity index (χ0n) is 13.0. The van der Waals surface area contributed by atoms with Crippen molar-refractivity contribution in [3.8, 4) is 0 Å². The minimum Gasteiger partial charge on any atom is -0.464 e. The smallest absolute Gasteiger partial charge is 0.398 e. The van der Waals surface area contributed by atoms with Crippen LogP contribution in [0.3, 0.4) is 0 Å². The highest BCUT2D eigenvalue weighted by molar-refractivity contribution is 7.80. The fourth-order valence-corrected chi connectivity index (χ4v) is 2.37. The maximum Gasteiger partial charge on any atom is 0.398 e. The third kappa shape index (κ3) is 12.8. The van der Waals surface area contributed by atoms with Gasteiger partial charge < -0.3 is 4.74 Å². The molecule has 0 rings (SSSR count). The van der Waals surface area contributed by atoms with E-state index in [1.807, 2.05) is 0 Å². The number of carbonyl (C=O) groups excluding carboxylic acids is 1. The van der Waals surface area contributed by atoms with E-state index in [1.54, 1.807) is 0 Å². The summed E-state index contributed by atoms with van der Waals surface area (Å²) >= 11 is 0. The number of rotatable bonds is 13. The first-order valence-electron chi connectivity index (χ1n) is 7.73. The maximum atomic E-state index is 11.8. The Kier molecular flexibility index (Phi) is 11.6. The standard InChI is InChI=1S/C14H28O6S/c1-3-5-7-9-11-13(20-21(16,17)18)14(15)19-12-10-8-6-4-2/h13H,3-12H2,1-2H3,(H,16,17,18). The van der Waals surface area contributed by atoms with E-state index in [0.29, 0.717) is 6.42 Å². The van der Waals surface area contributed by atoms with Crippen LogP contribution in [0.2, 0.25) is 0 Å². The second kappa shape index (κ2) is 11.9. The van der Waals surface area contributed by atoms with Crippen molar-refractivity contribution in [3.05, 3.63) is 0 Å². The van der Waals surface area contributed by atoms with Crippen LogP contribution in [0, 0.1) is 0 Å². The maximum absolute atomic E-state index is 11.8. The second-order valence-corrected chi connectivity index (χ2v) is 6.14. The van der Waals surface area contributed by atoms with Crippen molar-refractivity contribution in [2.24, 2.45) is 0 Å². The van der Waals surface area contributed by atoms with Crippen LogP contribution in [0.15, 0.2) is 0 Å². The van der Waals surface area contributed by atoms with Gasteiger partial charge >= 0.3 is 16.4 Å². The van der Waals surface area contributed by atoms with E-state index in [4.69, 9.17) is 9.29 Å². The molecule has 0 saturated heterocycles. The minimum absolute atomic E-state index is 0.230. The van der Waals surface area contributed by atoms with Crippen molar-refractivity contribution in [2.45, 2.75) is 77.7 Å². The molecular formula is C14H28O6S. The Morgan fingerprint density at radius 2 is 1.57 bits per heavy atom. The van der Waals surface area contributed by atoms with Crippen LogP contribution < -0.4 is 0 Å². The van der Waals surface area contributed by atoms with E-state index in [0.717, 1.165) is 44.9 Å². The average Bonchev–Trinajstić information content (AvgIpc) is 2.40. The normalized spacial score (nSPS) is 13.1. The molecule has 126 valence electrons. The molecule has 0 aliphatic heterocycles. The third-order valence-electron chi connectivity index (χ3n) is 3.06. The van der Waals surface area contributed by atoms with Crippen LogP contribution in [-0.4, -0.2) is 31.7 Å². The highest BCUT2D eigenvalue weighted by Gasteiger charge is 2.25. The Hall–Kier alpha value is -0.660. The first-order chi connectivity index (χ1) is 9.90. The Labute approximate surface area is 128 Å². The third-order valence-corrected chi connectivity index (χ3v) is 3.54. The van der Waals surface area contributed by atoms with Crippen molar-refractivity contribution in [1.29, 1.82) is 0 Å². The van der Waals surface area contributed by atoms with Gasteiger partial charge in [-0.25, -0.2) is 8.98 Å². The van der Waals surface area contributed by atoms with E-state index >= 15 is 0 Å². The van der Waals surface area contributed by atoms with E-state index in [2.05, 4.69) is 18.0 Å². The molecule has 0 aliphatic rings. The van der Waals surface area contributed by atoms with Gasteiger partial charge in [0.05, 0.1) is 6.61 Å². The first kappa shape index (κ1) is 20.3. The predicted molar refractivity (Wildman–Crippen MR) is 80.3 cm³/mol. The zero-order chi connectivity index (χ0) is 16.1. The van der Waals surface area contributed by atoms with Gasteiger partial charge in [-0.2, -0.15) is 8.42 Å². The zero-order valence-corrected chi connectivity index (χ0v) is 13.9. The monoisotopic (exact) mass is 324 g/mol. The summed E-state index contributed by atoms with van der Waals surface area (Å²) in [6, 6.07) is 0.